The lowest BCUT2D eigenvalue weighted by Crippen LogP contribution is -2.21. The van der Waals surface area contributed by atoms with Gasteiger partial charge in [0, 0.05) is 27.6 Å². The van der Waals surface area contributed by atoms with E-state index in [-0.39, 0.29) is 11.3 Å². The van der Waals surface area contributed by atoms with Crippen molar-refractivity contribution in [2.24, 2.45) is 5.10 Å². The molecule has 0 aliphatic carbocycles. The zero-order chi connectivity index (χ0) is 21.3. The minimum atomic E-state index is -0.310. The maximum absolute atomic E-state index is 13.0. The first kappa shape index (κ1) is 19.6. The Hall–Kier alpha value is -3.67. The molecule has 0 saturated heterocycles. The summed E-state index contributed by atoms with van der Waals surface area (Å²) in [7, 11) is 0. The number of amides is 1. The summed E-state index contributed by atoms with van der Waals surface area (Å²) >= 11 is 0. The second kappa shape index (κ2) is 7.63. The van der Waals surface area contributed by atoms with Crippen molar-refractivity contribution < 1.29 is 4.79 Å². The summed E-state index contributed by atoms with van der Waals surface area (Å²) in [5.74, 6) is -0.310. The van der Waals surface area contributed by atoms with Crippen LogP contribution >= 0.6 is 0 Å². The van der Waals surface area contributed by atoms with Crippen LogP contribution in [-0.2, 0) is 5.41 Å². The van der Waals surface area contributed by atoms with E-state index in [9.17, 15) is 4.79 Å². The lowest BCUT2D eigenvalue weighted by Gasteiger charge is -2.14. The van der Waals surface area contributed by atoms with Gasteiger partial charge >= 0.3 is 0 Å². The lowest BCUT2D eigenvalue weighted by atomic mass is 9.92. The molecule has 0 saturated carbocycles. The number of hydrazone groups is 1. The van der Waals surface area contributed by atoms with Crippen molar-refractivity contribution in [3.05, 3.63) is 83.3 Å². The fourth-order valence-corrected chi connectivity index (χ4v) is 3.35. The van der Waals surface area contributed by atoms with E-state index in [4.69, 9.17) is 0 Å². The number of H-pyrrole nitrogens is 1. The largest absolute Gasteiger partial charge is 0.358 e. The van der Waals surface area contributed by atoms with Crippen LogP contribution in [0, 0.1) is 6.92 Å². The topological polar surface area (TPSA) is 75.1 Å². The van der Waals surface area contributed by atoms with Gasteiger partial charge in [-0.2, -0.15) is 10.2 Å². The summed E-state index contributed by atoms with van der Waals surface area (Å²) in [6, 6.07) is 19.5. The molecule has 2 aromatic heterocycles. The average Bonchev–Trinajstić information content (AvgIpc) is 3.30. The monoisotopic (exact) mass is 399 g/mol. The van der Waals surface area contributed by atoms with Crippen LogP contribution in [0.5, 0.6) is 0 Å². The van der Waals surface area contributed by atoms with Gasteiger partial charge in [0.2, 0.25) is 0 Å². The Bertz CT molecular complexity index is 1230. The van der Waals surface area contributed by atoms with E-state index in [1.165, 1.54) is 0 Å². The third-order valence-corrected chi connectivity index (χ3v) is 5.01. The molecule has 0 aliphatic heterocycles. The van der Waals surface area contributed by atoms with E-state index in [0.29, 0.717) is 5.69 Å². The SMILES string of the molecule is Cc1[nH]c2ccccc2c1C=NNC(=O)c1cc(C(C)(C)C)nn1-c1ccccc1. The standard InChI is InChI=1S/C24H25N5O/c1-16-19(18-12-8-9-13-20(18)26-16)15-25-27-23(30)21-14-22(24(2,3)4)28-29(21)17-10-6-5-7-11-17/h5-15,26H,1-4H3,(H,27,30). The number of rotatable bonds is 4. The number of nitrogens with one attached hydrogen (secondary N) is 2. The number of aromatic nitrogens is 3. The number of benzene rings is 2. The number of hydrogen-bond donors (Lipinski definition) is 2. The zero-order valence-corrected chi connectivity index (χ0v) is 17.6. The van der Waals surface area contributed by atoms with Gasteiger partial charge in [0.1, 0.15) is 5.69 Å². The number of aromatic amines is 1. The van der Waals surface area contributed by atoms with Gasteiger partial charge in [-0.15, -0.1) is 0 Å². The van der Waals surface area contributed by atoms with E-state index in [1.807, 2.05) is 67.6 Å². The van der Waals surface area contributed by atoms with Gasteiger partial charge in [-0.3, -0.25) is 4.79 Å². The highest BCUT2D eigenvalue weighted by Gasteiger charge is 2.23. The molecule has 2 heterocycles. The highest BCUT2D eigenvalue weighted by molar-refractivity contribution is 6.01. The second-order valence-electron chi connectivity index (χ2n) is 8.32. The molecule has 4 aromatic rings. The van der Waals surface area contributed by atoms with Gasteiger partial charge in [0.25, 0.3) is 5.91 Å². The molecule has 0 atom stereocenters. The van der Waals surface area contributed by atoms with Gasteiger partial charge in [-0.1, -0.05) is 57.2 Å². The van der Waals surface area contributed by atoms with Crippen LogP contribution in [0.2, 0.25) is 0 Å². The number of carbonyl (C=O) groups excluding carboxylic acids is 1. The van der Waals surface area contributed by atoms with Crippen LogP contribution in [0.1, 0.15) is 48.2 Å². The Morgan fingerprint density at radius 2 is 1.80 bits per heavy atom. The van der Waals surface area contributed by atoms with Crippen LogP contribution in [0.25, 0.3) is 16.6 Å². The first-order chi connectivity index (χ1) is 14.3. The summed E-state index contributed by atoms with van der Waals surface area (Å²) in [5, 5.41) is 9.97. The fraction of sp³-hybridized carbons (Fsp3) is 0.208. The third-order valence-electron chi connectivity index (χ3n) is 5.01. The highest BCUT2D eigenvalue weighted by atomic mass is 16.2. The predicted molar refractivity (Wildman–Crippen MR) is 120 cm³/mol. The molecule has 0 unspecified atom stereocenters. The van der Waals surface area contributed by atoms with Crippen molar-refractivity contribution in [1.29, 1.82) is 0 Å². The smallest absolute Gasteiger partial charge is 0.290 e. The molecule has 0 radical (unpaired) electrons. The fourth-order valence-electron chi connectivity index (χ4n) is 3.35. The van der Waals surface area contributed by atoms with Crippen molar-refractivity contribution in [2.75, 3.05) is 0 Å². The number of carbonyl (C=O) groups is 1. The van der Waals surface area contributed by atoms with Gasteiger partial charge < -0.3 is 4.98 Å². The predicted octanol–water partition coefficient (Wildman–Crippen LogP) is 4.72. The number of fused-ring (bicyclic) bond motifs is 1. The summed E-state index contributed by atoms with van der Waals surface area (Å²) in [6.07, 6.45) is 1.68. The van der Waals surface area contributed by atoms with Gasteiger partial charge in [0.15, 0.2) is 0 Å². The summed E-state index contributed by atoms with van der Waals surface area (Å²) in [6.45, 7) is 8.21. The first-order valence-electron chi connectivity index (χ1n) is 9.91. The Labute approximate surface area is 175 Å². The van der Waals surface area contributed by atoms with Crippen LogP contribution in [0.4, 0.5) is 0 Å². The summed E-state index contributed by atoms with van der Waals surface area (Å²) < 4.78 is 1.67. The Morgan fingerprint density at radius 1 is 1.10 bits per heavy atom. The third kappa shape index (κ3) is 3.76. The van der Waals surface area contributed by atoms with Crippen LogP contribution in [0.3, 0.4) is 0 Å². The van der Waals surface area contributed by atoms with E-state index in [1.54, 1.807) is 10.9 Å². The Morgan fingerprint density at radius 3 is 2.53 bits per heavy atom. The van der Waals surface area contributed by atoms with Crippen molar-refractivity contribution >= 4 is 23.0 Å². The van der Waals surface area contributed by atoms with Gasteiger partial charge in [-0.25, -0.2) is 10.1 Å². The van der Waals surface area contributed by atoms with E-state index >= 15 is 0 Å². The van der Waals surface area contributed by atoms with E-state index < -0.39 is 0 Å². The molecule has 4 rings (SSSR count). The zero-order valence-electron chi connectivity index (χ0n) is 17.6. The number of para-hydroxylation sites is 2. The van der Waals surface area contributed by atoms with Crippen molar-refractivity contribution in [1.82, 2.24) is 20.2 Å². The molecule has 1 amide bonds. The molecular formula is C24H25N5O. The van der Waals surface area contributed by atoms with Gasteiger partial charge in [-0.05, 0) is 31.2 Å². The average molecular weight is 399 g/mol. The maximum Gasteiger partial charge on any atom is 0.290 e. The molecular weight excluding hydrogens is 374 g/mol. The highest BCUT2D eigenvalue weighted by Crippen LogP contribution is 2.24. The lowest BCUT2D eigenvalue weighted by molar-refractivity contribution is 0.0947. The Kier molecular flexibility index (Phi) is 4.99. The number of aryl methyl sites for hydroxylation is 1. The quantitative estimate of drug-likeness (QED) is 0.385. The summed E-state index contributed by atoms with van der Waals surface area (Å²) in [4.78, 5) is 16.3. The Balaban J connectivity index is 1.64. The van der Waals surface area contributed by atoms with Crippen molar-refractivity contribution in [3.8, 4) is 5.69 Å². The molecule has 6 heteroatoms. The molecule has 0 aliphatic rings. The molecule has 2 N–H and O–H groups in total. The van der Waals surface area contributed by atoms with Crippen LogP contribution in [0.15, 0.2) is 65.8 Å². The molecule has 2 aromatic carbocycles. The number of hydrogen-bond acceptors (Lipinski definition) is 3. The van der Waals surface area contributed by atoms with Crippen molar-refractivity contribution in [2.45, 2.75) is 33.1 Å². The molecule has 6 nitrogen and oxygen atoms in total. The first-order valence-corrected chi connectivity index (χ1v) is 9.91. The van der Waals surface area contributed by atoms with Crippen molar-refractivity contribution in [3.63, 3.8) is 0 Å². The van der Waals surface area contributed by atoms with E-state index in [0.717, 1.165) is 33.5 Å². The maximum atomic E-state index is 13.0. The second-order valence-corrected chi connectivity index (χ2v) is 8.32. The van der Waals surface area contributed by atoms with E-state index in [2.05, 4.69) is 41.4 Å². The molecule has 0 bridgehead atoms. The molecule has 0 fully saturated rings. The van der Waals surface area contributed by atoms with Crippen LogP contribution < -0.4 is 5.43 Å². The minimum absolute atomic E-state index is 0.181. The minimum Gasteiger partial charge on any atom is -0.358 e. The molecule has 30 heavy (non-hydrogen) atoms. The van der Waals surface area contributed by atoms with Crippen LogP contribution in [-0.4, -0.2) is 26.9 Å². The molecule has 0 spiro atoms. The van der Waals surface area contributed by atoms with Gasteiger partial charge in [0.05, 0.1) is 17.6 Å². The normalized spacial score (nSPS) is 12.0. The molecule has 152 valence electrons. The number of nitrogens with zero attached hydrogens (tertiary/aromatic N) is 3. The summed E-state index contributed by atoms with van der Waals surface area (Å²) in [5.41, 5.74) is 7.59.